The Hall–Kier alpha value is -8.12. The standard InChI is InChI=1S/C60H42N2O2Si/c1-65(2)56-33-17-27-49-51(61(40-20-7-4-8-21-40)52-29-15-25-47-43-23-10-13-31-54(43)63-59(47)52)37-36-46(58(49)56)45-35-34-41(38-57(45)65)62(50-28-12-9-22-42(50)39-18-5-3-6-19-39)53-30-16-26-48-44-24-11-14-32-55(44)64-60(48)53/h3-38H,1-2H3. The highest BCUT2D eigenvalue weighted by molar-refractivity contribution is 7.03. The van der Waals surface area contributed by atoms with Gasteiger partial charge in [-0.05, 0) is 93.1 Å². The molecule has 0 saturated heterocycles. The van der Waals surface area contributed by atoms with Crippen molar-refractivity contribution in [2.24, 2.45) is 0 Å². The van der Waals surface area contributed by atoms with Gasteiger partial charge in [0.2, 0.25) is 0 Å². The van der Waals surface area contributed by atoms with E-state index < -0.39 is 8.07 Å². The Morgan fingerprint density at radius 2 is 0.862 bits per heavy atom. The summed E-state index contributed by atoms with van der Waals surface area (Å²) in [5.74, 6) is 0. The van der Waals surface area contributed by atoms with Crippen LogP contribution in [0.15, 0.2) is 227 Å². The molecule has 1 aliphatic heterocycles. The summed E-state index contributed by atoms with van der Waals surface area (Å²) in [6, 6.07) is 78.7. The molecule has 0 bridgehead atoms. The van der Waals surface area contributed by atoms with Crippen LogP contribution in [-0.4, -0.2) is 8.07 Å². The number of rotatable bonds is 7. The van der Waals surface area contributed by atoms with Gasteiger partial charge in [-0.3, -0.25) is 0 Å². The molecule has 0 unspecified atom stereocenters. The molecular weight excluding hydrogens is 809 g/mol. The third-order valence-corrected chi connectivity index (χ3v) is 17.2. The monoisotopic (exact) mass is 850 g/mol. The van der Waals surface area contributed by atoms with Crippen molar-refractivity contribution in [3.8, 4) is 22.3 Å². The van der Waals surface area contributed by atoms with E-state index in [-0.39, 0.29) is 0 Å². The lowest BCUT2D eigenvalue weighted by molar-refractivity contribution is 0.668. The number of fused-ring (bicyclic) bond motifs is 8. The van der Waals surface area contributed by atoms with Gasteiger partial charge in [0.1, 0.15) is 19.2 Å². The summed E-state index contributed by atoms with van der Waals surface area (Å²) >= 11 is 0. The molecular formula is C60H42N2O2Si. The first-order chi connectivity index (χ1) is 32.0. The third-order valence-electron chi connectivity index (χ3n) is 13.6. The molecule has 0 amide bonds. The van der Waals surface area contributed by atoms with Gasteiger partial charge >= 0.3 is 0 Å². The molecule has 0 saturated carbocycles. The van der Waals surface area contributed by atoms with E-state index in [1.54, 1.807) is 0 Å². The summed E-state index contributed by atoms with van der Waals surface area (Å²) in [4.78, 5) is 4.81. The average Bonchev–Trinajstić information content (AvgIpc) is 3.94. The Morgan fingerprint density at radius 3 is 1.55 bits per heavy atom. The number of benzene rings is 10. The summed E-state index contributed by atoms with van der Waals surface area (Å²) in [5, 5.41) is 9.84. The lowest BCUT2D eigenvalue weighted by Crippen LogP contribution is -2.56. The average molecular weight is 851 g/mol. The Labute approximate surface area is 377 Å². The molecule has 65 heavy (non-hydrogen) atoms. The highest BCUT2D eigenvalue weighted by Gasteiger charge is 2.37. The van der Waals surface area contributed by atoms with Crippen molar-refractivity contribution >= 4 is 107 Å². The number of nitrogens with zero attached hydrogens (tertiary/aromatic N) is 2. The van der Waals surface area contributed by atoms with Gasteiger partial charge in [-0.15, -0.1) is 0 Å². The molecule has 1 aliphatic rings. The molecule has 12 aromatic rings. The second-order valence-electron chi connectivity index (χ2n) is 17.6. The molecule has 13 rings (SSSR count). The lowest BCUT2D eigenvalue weighted by Gasteiger charge is -2.36. The predicted molar refractivity (Wildman–Crippen MR) is 275 cm³/mol. The fraction of sp³-hybridized carbons (Fsp3) is 0.0333. The van der Waals surface area contributed by atoms with Gasteiger partial charge < -0.3 is 18.6 Å². The first-order valence-corrected chi connectivity index (χ1v) is 25.3. The molecule has 308 valence electrons. The van der Waals surface area contributed by atoms with E-state index in [1.165, 1.54) is 32.3 Å². The van der Waals surface area contributed by atoms with Crippen molar-refractivity contribution in [2.45, 2.75) is 13.1 Å². The molecule has 3 heterocycles. The van der Waals surface area contributed by atoms with Gasteiger partial charge in [0.15, 0.2) is 11.2 Å². The van der Waals surface area contributed by atoms with E-state index in [9.17, 15) is 0 Å². The molecule has 0 fully saturated rings. The summed E-state index contributed by atoms with van der Waals surface area (Å²) in [6.45, 7) is 5.04. The molecule has 4 nitrogen and oxygen atoms in total. The minimum atomic E-state index is -2.37. The van der Waals surface area contributed by atoms with Crippen molar-refractivity contribution in [3.63, 3.8) is 0 Å². The van der Waals surface area contributed by atoms with Crippen LogP contribution < -0.4 is 20.2 Å². The van der Waals surface area contributed by atoms with E-state index >= 15 is 0 Å². The van der Waals surface area contributed by atoms with Crippen LogP contribution in [0.4, 0.5) is 34.1 Å². The van der Waals surface area contributed by atoms with Gasteiger partial charge in [-0.2, -0.15) is 0 Å². The van der Waals surface area contributed by atoms with Crippen LogP contribution in [0.25, 0.3) is 76.9 Å². The van der Waals surface area contributed by atoms with Crippen LogP contribution in [0.3, 0.4) is 0 Å². The van der Waals surface area contributed by atoms with Gasteiger partial charge in [0.05, 0.1) is 22.7 Å². The van der Waals surface area contributed by atoms with Crippen LogP contribution in [0.2, 0.25) is 13.1 Å². The molecule has 0 atom stereocenters. The Morgan fingerprint density at radius 1 is 0.338 bits per heavy atom. The van der Waals surface area contributed by atoms with Crippen LogP contribution in [0.1, 0.15) is 0 Å². The quantitative estimate of drug-likeness (QED) is 0.150. The van der Waals surface area contributed by atoms with Crippen LogP contribution in [0, 0.1) is 0 Å². The minimum Gasteiger partial charge on any atom is -0.454 e. The fourth-order valence-corrected chi connectivity index (χ4v) is 13.7. The molecule has 0 N–H and O–H groups in total. The summed E-state index contributed by atoms with van der Waals surface area (Å²) in [5.41, 5.74) is 14.8. The highest BCUT2D eigenvalue weighted by atomic mass is 28.3. The second-order valence-corrected chi connectivity index (χ2v) is 21.9. The van der Waals surface area contributed by atoms with E-state index in [0.717, 1.165) is 89.1 Å². The van der Waals surface area contributed by atoms with E-state index in [4.69, 9.17) is 8.83 Å². The number of para-hydroxylation sites is 6. The van der Waals surface area contributed by atoms with Crippen molar-refractivity contribution in [1.82, 2.24) is 0 Å². The Kier molecular flexibility index (Phi) is 8.33. The number of hydrogen-bond donors (Lipinski definition) is 0. The van der Waals surface area contributed by atoms with E-state index in [2.05, 4.69) is 229 Å². The molecule has 5 heteroatoms. The zero-order valence-electron chi connectivity index (χ0n) is 36.0. The van der Waals surface area contributed by atoms with Gasteiger partial charge in [-0.1, -0.05) is 171 Å². The third kappa shape index (κ3) is 5.69. The second kappa shape index (κ2) is 14.5. The zero-order chi connectivity index (χ0) is 43.2. The summed E-state index contributed by atoms with van der Waals surface area (Å²) < 4.78 is 13.5. The maximum Gasteiger partial charge on any atom is 0.159 e. The van der Waals surface area contributed by atoms with E-state index in [0.29, 0.717) is 0 Å². The number of furan rings is 2. The molecule has 0 spiro atoms. The SMILES string of the molecule is C[Si]1(C)c2cc(N(c3ccccc3-c3ccccc3)c3cccc4c3oc3ccccc34)ccc2-c2ccc(N(c3ccccc3)c3cccc4c3oc3ccccc34)c3cccc1c23. The molecule has 2 aromatic heterocycles. The first-order valence-electron chi connectivity index (χ1n) is 22.3. The van der Waals surface area contributed by atoms with Crippen molar-refractivity contribution in [3.05, 3.63) is 218 Å². The number of hydrogen-bond acceptors (Lipinski definition) is 4. The number of anilines is 6. The largest absolute Gasteiger partial charge is 0.454 e. The van der Waals surface area contributed by atoms with Crippen molar-refractivity contribution in [1.29, 1.82) is 0 Å². The van der Waals surface area contributed by atoms with E-state index in [1.807, 2.05) is 12.1 Å². The van der Waals surface area contributed by atoms with Gasteiger partial charge in [0.25, 0.3) is 0 Å². The lowest BCUT2D eigenvalue weighted by atomic mass is 9.94. The molecule has 10 aromatic carbocycles. The Bertz CT molecular complexity index is 3830. The maximum absolute atomic E-state index is 6.78. The highest BCUT2D eigenvalue weighted by Crippen LogP contribution is 2.49. The first kappa shape index (κ1) is 37.4. The molecule has 0 radical (unpaired) electrons. The summed E-state index contributed by atoms with van der Waals surface area (Å²) in [6.07, 6.45) is 0. The predicted octanol–water partition coefficient (Wildman–Crippen LogP) is 16.0. The smallest absolute Gasteiger partial charge is 0.159 e. The topological polar surface area (TPSA) is 32.8 Å². The van der Waals surface area contributed by atoms with Gasteiger partial charge in [-0.25, -0.2) is 0 Å². The normalized spacial score (nSPS) is 12.9. The minimum absolute atomic E-state index is 0.870. The van der Waals surface area contributed by atoms with Crippen LogP contribution in [-0.2, 0) is 0 Å². The van der Waals surface area contributed by atoms with Crippen LogP contribution >= 0.6 is 0 Å². The summed E-state index contributed by atoms with van der Waals surface area (Å²) in [7, 11) is -2.37. The van der Waals surface area contributed by atoms with Crippen molar-refractivity contribution in [2.75, 3.05) is 9.80 Å². The molecule has 0 aliphatic carbocycles. The van der Waals surface area contributed by atoms with Gasteiger partial charge in [0, 0.05) is 43.9 Å². The maximum atomic E-state index is 6.78. The zero-order valence-corrected chi connectivity index (χ0v) is 37.0. The van der Waals surface area contributed by atoms with Crippen LogP contribution in [0.5, 0.6) is 0 Å². The fourth-order valence-electron chi connectivity index (χ4n) is 10.6. The Balaban J connectivity index is 1.03. The van der Waals surface area contributed by atoms with Crippen molar-refractivity contribution < 1.29 is 8.83 Å².